The fourth-order valence-corrected chi connectivity index (χ4v) is 5.56. The lowest BCUT2D eigenvalue weighted by Gasteiger charge is -2.44. The van der Waals surface area contributed by atoms with Crippen LogP contribution >= 0.6 is 0 Å². The molecule has 2 atom stereocenters. The van der Waals surface area contributed by atoms with Crippen LogP contribution in [0.25, 0.3) is 0 Å². The van der Waals surface area contributed by atoms with Gasteiger partial charge in [0.2, 0.25) is 5.96 Å². The van der Waals surface area contributed by atoms with Crippen molar-refractivity contribution in [3.63, 3.8) is 0 Å². The topological polar surface area (TPSA) is 114 Å². The second-order valence-electron chi connectivity index (χ2n) is 10.0. The van der Waals surface area contributed by atoms with E-state index in [0.717, 1.165) is 11.1 Å². The van der Waals surface area contributed by atoms with Crippen molar-refractivity contribution in [1.82, 2.24) is 20.0 Å². The van der Waals surface area contributed by atoms with E-state index in [1.807, 2.05) is 12.2 Å². The molecule has 3 N–H and O–H groups in total. The van der Waals surface area contributed by atoms with Gasteiger partial charge < -0.3 is 20.9 Å². The Balaban J connectivity index is 1.40. The van der Waals surface area contributed by atoms with E-state index < -0.39 is 23.8 Å². The van der Waals surface area contributed by atoms with Gasteiger partial charge in [-0.15, -0.1) is 0 Å². The summed E-state index contributed by atoms with van der Waals surface area (Å²) in [6.07, 6.45) is 5.33. The van der Waals surface area contributed by atoms with Gasteiger partial charge in [-0.3, -0.25) is 9.89 Å². The van der Waals surface area contributed by atoms with Crippen molar-refractivity contribution in [2.75, 3.05) is 46.3 Å². The number of allylic oxidation sites excluding steroid dienone is 2. The van der Waals surface area contributed by atoms with Crippen molar-refractivity contribution in [2.24, 2.45) is 25.7 Å². The summed E-state index contributed by atoms with van der Waals surface area (Å²) in [5, 5.41) is 3.18. The van der Waals surface area contributed by atoms with Crippen LogP contribution in [0.2, 0.25) is 0 Å². The summed E-state index contributed by atoms with van der Waals surface area (Å²) in [7, 11) is 1.63. The third-order valence-corrected chi connectivity index (χ3v) is 7.50. The van der Waals surface area contributed by atoms with Gasteiger partial charge in [0.25, 0.3) is 0 Å². The Morgan fingerprint density at radius 3 is 2.62 bits per heavy atom. The van der Waals surface area contributed by atoms with Crippen LogP contribution in [-0.2, 0) is 0 Å². The maximum Gasteiger partial charge on any atom is 0.414 e. The molecule has 6 rings (SSSR count). The molecule has 0 bridgehead atoms. The lowest BCUT2D eigenvalue weighted by molar-refractivity contribution is -0.0973. The number of amides is 2. The zero-order valence-corrected chi connectivity index (χ0v) is 21.3. The number of urea groups is 1. The highest BCUT2D eigenvalue weighted by Gasteiger charge is 2.45. The number of carbonyl (C=O) groups excluding carboxylic acids is 1. The van der Waals surface area contributed by atoms with Crippen LogP contribution in [-0.4, -0.2) is 109 Å². The molecule has 1 aliphatic carbocycles. The van der Waals surface area contributed by atoms with Gasteiger partial charge in [-0.1, -0.05) is 12.2 Å². The molecule has 5 aliphatic heterocycles. The number of dihydropyridines is 2. The Bertz CT molecular complexity index is 1370. The first-order chi connectivity index (χ1) is 18.7. The highest BCUT2D eigenvalue weighted by atomic mass is 19.4. The molecule has 39 heavy (non-hydrogen) atoms. The summed E-state index contributed by atoms with van der Waals surface area (Å²) < 4.78 is 43.2. The highest BCUT2D eigenvalue weighted by molar-refractivity contribution is 6.15. The number of nitrogens with one attached hydrogen (secondary N) is 1. The van der Waals surface area contributed by atoms with E-state index in [-0.39, 0.29) is 30.7 Å². The number of hydrogen-bond donors (Lipinski definition) is 2. The number of likely N-dealkylation sites (N-methyl/N-ethyl adjacent to an activating group) is 1. The minimum Gasteiger partial charge on any atom is -0.369 e. The van der Waals surface area contributed by atoms with Crippen LogP contribution in [0.1, 0.15) is 6.42 Å². The summed E-state index contributed by atoms with van der Waals surface area (Å²) in [6.45, 7) is 2.79. The highest BCUT2D eigenvalue weighted by Crippen LogP contribution is 2.40. The Morgan fingerprint density at radius 2 is 1.90 bits per heavy atom. The minimum absolute atomic E-state index is 0.178. The molecule has 13 heteroatoms. The van der Waals surface area contributed by atoms with Crippen LogP contribution in [0, 0.1) is 0 Å². The van der Waals surface area contributed by atoms with Crippen LogP contribution < -0.4 is 11.1 Å². The first-order valence-corrected chi connectivity index (χ1v) is 12.8. The number of carbonyl (C=O) groups is 1. The number of rotatable bonds is 2. The van der Waals surface area contributed by atoms with Gasteiger partial charge in [0.05, 0.1) is 41.8 Å². The third-order valence-electron chi connectivity index (χ3n) is 7.50. The van der Waals surface area contributed by atoms with Gasteiger partial charge in [-0.25, -0.2) is 19.8 Å². The molecule has 2 unspecified atom stereocenters. The van der Waals surface area contributed by atoms with E-state index >= 15 is 0 Å². The zero-order valence-electron chi connectivity index (χ0n) is 21.3. The lowest BCUT2D eigenvalue weighted by Crippen LogP contribution is -2.55. The van der Waals surface area contributed by atoms with Crippen molar-refractivity contribution >= 4 is 30.1 Å². The van der Waals surface area contributed by atoms with E-state index in [0.29, 0.717) is 49.8 Å². The van der Waals surface area contributed by atoms with Crippen LogP contribution in [0.4, 0.5) is 18.0 Å². The number of nitrogens with two attached hydrogens (primary N) is 1. The maximum absolute atomic E-state index is 14.4. The number of piperazine rings is 1. The maximum atomic E-state index is 14.4. The normalized spacial score (nSPS) is 29.1. The first-order valence-electron chi connectivity index (χ1n) is 12.8. The molecule has 2 amide bonds. The Kier molecular flexibility index (Phi) is 6.25. The van der Waals surface area contributed by atoms with E-state index in [1.165, 1.54) is 15.9 Å². The predicted molar refractivity (Wildman–Crippen MR) is 143 cm³/mol. The Morgan fingerprint density at radius 1 is 1.10 bits per heavy atom. The van der Waals surface area contributed by atoms with Crippen molar-refractivity contribution < 1.29 is 18.0 Å². The Labute approximate surface area is 223 Å². The van der Waals surface area contributed by atoms with Gasteiger partial charge in [0, 0.05) is 68.9 Å². The summed E-state index contributed by atoms with van der Waals surface area (Å²) in [5.41, 5.74) is 8.32. The number of fused-ring (bicyclic) bond motifs is 2. The zero-order chi connectivity index (χ0) is 27.3. The van der Waals surface area contributed by atoms with Gasteiger partial charge in [0.15, 0.2) is 0 Å². The van der Waals surface area contributed by atoms with Gasteiger partial charge in [0.1, 0.15) is 6.04 Å². The molecule has 204 valence electrons. The molecule has 6 aliphatic rings. The molecule has 1 saturated heterocycles. The van der Waals surface area contributed by atoms with Crippen molar-refractivity contribution in [3.8, 4) is 0 Å². The number of hydrogen-bond acceptors (Lipinski definition) is 8. The minimum atomic E-state index is -4.53. The second kappa shape index (κ2) is 9.63. The molecular formula is C26H28F3N9O. The summed E-state index contributed by atoms with van der Waals surface area (Å²) in [5.74, 6) is 0.182. The molecule has 10 nitrogen and oxygen atoms in total. The average Bonchev–Trinajstić information content (AvgIpc) is 2.93. The molecule has 1 fully saturated rings. The number of guanidine groups is 1. The predicted octanol–water partition coefficient (Wildman–Crippen LogP) is 1.78. The Hall–Kier alpha value is -4.00. The van der Waals surface area contributed by atoms with E-state index in [2.05, 4.69) is 20.3 Å². The van der Waals surface area contributed by atoms with Crippen molar-refractivity contribution in [1.29, 1.82) is 0 Å². The molecule has 0 aromatic heterocycles. The van der Waals surface area contributed by atoms with Crippen molar-refractivity contribution in [3.05, 3.63) is 58.1 Å². The lowest BCUT2D eigenvalue weighted by atomic mass is 9.90. The van der Waals surface area contributed by atoms with E-state index in [4.69, 9.17) is 10.7 Å². The van der Waals surface area contributed by atoms with Gasteiger partial charge >= 0.3 is 12.2 Å². The van der Waals surface area contributed by atoms with Crippen LogP contribution in [0.15, 0.2) is 78.1 Å². The SMILES string of the molecule is CN1CC2=C(C3=NC(=C4C=NC(N)=NC4)C=CC3N=C2)N(C2C=CC(N3CCNCC3)=C(C(F)(F)F)C2)C1=O. The number of alkyl halides is 3. The summed E-state index contributed by atoms with van der Waals surface area (Å²) in [4.78, 5) is 36.0. The van der Waals surface area contributed by atoms with Gasteiger partial charge in [-0.2, -0.15) is 13.2 Å². The third kappa shape index (κ3) is 4.60. The summed E-state index contributed by atoms with van der Waals surface area (Å²) in [6, 6.07) is -1.68. The molecule has 0 aromatic carbocycles. The average molecular weight is 540 g/mol. The number of halogens is 3. The largest absolute Gasteiger partial charge is 0.414 e. The van der Waals surface area contributed by atoms with E-state index in [9.17, 15) is 18.0 Å². The first kappa shape index (κ1) is 25.3. The fraction of sp³-hybridized carbons (Fsp3) is 0.423. The molecule has 0 aromatic rings. The van der Waals surface area contributed by atoms with E-state index in [1.54, 1.807) is 30.5 Å². The quantitative estimate of drug-likeness (QED) is 0.557. The molecule has 0 spiro atoms. The molecule has 0 radical (unpaired) electrons. The summed E-state index contributed by atoms with van der Waals surface area (Å²) >= 11 is 0. The standard InChI is InChI=1S/C26H28F3N9O/c1-36-14-16-13-32-20-4-3-19(15-11-33-24(30)34-12-15)35-22(20)23(16)38(25(36)39)17-2-5-21(18(10-17)26(27,28)29)37-8-6-31-7-9-37/h2-5,11,13,17,20,31H,6-10,12,14H2,1H3,(H2,30,34). The number of aliphatic imine (C=N–C) groups is 4. The monoisotopic (exact) mass is 539 g/mol. The molecule has 0 saturated carbocycles. The smallest absolute Gasteiger partial charge is 0.369 e. The second-order valence-corrected chi connectivity index (χ2v) is 10.0. The number of nitrogens with zero attached hydrogens (tertiary/aromatic N) is 7. The fourth-order valence-electron chi connectivity index (χ4n) is 5.56. The molecule has 5 heterocycles. The van der Waals surface area contributed by atoms with Crippen molar-refractivity contribution in [2.45, 2.75) is 24.7 Å². The van der Waals surface area contributed by atoms with Crippen LogP contribution in [0.3, 0.4) is 0 Å². The van der Waals surface area contributed by atoms with Crippen LogP contribution in [0.5, 0.6) is 0 Å². The van der Waals surface area contributed by atoms with Gasteiger partial charge in [-0.05, 0) is 12.2 Å². The molecular weight excluding hydrogens is 511 g/mol.